The van der Waals surface area contributed by atoms with Gasteiger partial charge in [0.25, 0.3) is 0 Å². The van der Waals surface area contributed by atoms with E-state index in [0.717, 1.165) is 0 Å². The van der Waals surface area contributed by atoms with Crippen LogP contribution < -0.4 is 0 Å². The molecule has 0 N–H and O–H groups in total. The second-order valence-corrected chi connectivity index (χ2v) is 19.3. The molecule has 8 aromatic carbocycles. The predicted octanol–water partition coefficient (Wildman–Crippen LogP) is 15.0. The van der Waals surface area contributed by atoms with Gasteiger partial charge in [0.1, 0.15) is 0 Å². The van der Waals surface area contributed by atoms with Gasteiger partial charge in [0.15, 0.2) is 0 Å². The van der Waals surface area contributed by atoms with E-state index in [0.29, 0.717) is 0 Å². The molecular formula is C52H30N2S2Se. The third-order valence-corrected chi connectivity index (χ3v) is 16.5. The van der Waals surface area contributed by atoms with Crippen LogP contribution in [0.4, 0.5) is 0 Å². The van der Waals surface area contributed by atoms with Crippen molar-refractivity contribution in [3.05, 3.63) is 182 Å². The maximum absolute atomic E-state index is 2.51. The molecule has 13 aromatic rings. The van der Waals surface area contributed by atoms with Gasteiger partial charge < -0.3 is 0 Å². The first-order valence-corrected chi connectivity index (χ1v) is 22.6. The minimum atomic E-state index is 0.145. The van der Waals surface area contributed by atoms with Crippen molar-refractivity contribution in [3.63, 3.8) is 0 Å². The maximum atomic E-state index is 2.51. The fourth-order valence-electron chi connectivity index (χ4n) is 9.31. The van der Waals surface area contributed by atoms with Gasteiger partial charge in [0, 0.05) is 0 Å². The first-order chi connectivity index (χ1) is 28.3. The molecule has 0 fully saturated rings. The quantitative estimate of drug-likeness (QED) is 0.156. The molecule has 0 saturated heterocycles. The third kappa shape index (κ3) is 4.63. The van der Waals surface area contributed by atoms with Crippen molar-refractivity contribution in [1.29, 1.82) is 0 Å². The van der Waals surface area contributed by atoms with Crippen LogP contribution in [-0.2, 0) is 0 Å². The molecule has 0 amide bonds. The summed E-state index contributed by atoms with van der Waals surface area (Å²) in [6.07, 6.45) is 0. The Bertz CT molecular complexity index is 3530. The van der Waals surface area contributed by atoms with Gasteiger partial charge in [-0.05, 0) is 0 Å². The molecule has 5 heteroatoms. The van der Waals surface area contributed by atoms with Crippen LogP contribution in [0, 0.1) is 0 Å². The fraction of sp³-hybridized carbons (Fsp3) is 0. The molecule has 0 aliphatic heterocycles. The molecule has 57 heavy (non-hydrogen) atoms. The van der Waals surface area contributed by atoms with Crippen molar-refractivity contribution < 1.29 is 0 Å². The van der Waals surface area contributed by atoms with E-state index < -0.39 is 0 Å². The standard InChI is InChI=1S/C52H30N2S2Se/c1-5-19-41-35(15-1)37-23-25-45-49(39-17-3-7-21-43(39)55-45)51(37)53(41)33-13-9-11-31(29-33)47-27-28-48(57-47)32-12-10-14-34(30-32)54-42-20-6-2-16-36(42)38-24-26-46-50(52(38)54)40-18-4-8-22-44(40)56-46/h1-30H. The Morgan fingerprint density at radius 3 is 1.26 bits per heavy atom. The number of nitrogens with zero attached hydrogens (tertiary/aromatic N) is 2. The SMILES string of the molecule is c1cc(-c2ccc(-c3cccc(-n4c5ccccc5c5ccc6sc7ccccc7c6c54)c3)[se]2)cc(-n2c3ccccc3c3ccc4sc5ccccc5c4c32)c1. The van der Waals surface area contributed by atoms with Crippen LogP contribution in [0.5, 0.6) is 0 Å². The zero-order valence-corrected chi connectivity index (χ0v) is 33.8. The third-order valence-electron chi connectivity index (χ3n) is 11.7. The van der Waals surface area contributed by atoms with Crippen molar-refractivity contribution in [2.24, 2.45) is 0 Å². The Hall–Kier alpha value is -6.20. The van der Waals surface area contributed by atoms with Crippen molar-refractivity contribution >= 4 is 121 Å². The van der Waals surface area contributed by atoms with Crippen LogP contribution in [-0.4, -0.2) is 23.6 Å². The second kappa shape index (κ2) is 12.1. The number of hydrogen-bond acceptors (Lipinski definition) is 2. The van der Waals surface area contributed by atoms with Gasteiger partial charge in [-0.1, -0.05) is 0 Å². The van der Waals surface area contributed by atoms with Gasteiger partial charge in [0.2, 0.25) is 0 Å². The molecule has 2 nitrogen and oxygen atoms in total. The zero-order chi connectivity index (χ0) is 37.2. The van der Waals surface area contributed by atoms with Gasteiger partial charge in [-0.3, -0.25) is 0 Å². The second-order valence-electron chi connectivity index (χ2n) is 14.8. The molecular weight excluding hydrogens is 796 g/mol. The van der Waals surface area contributed by atoms with E-state index in [9.17, 15) is 0 Å². The molecule has 0 bridgehead atoms. The monoisotopic (exact) mass is 826 g/mol. The molecule has 0 radical (unpaired) electrons. The molecule has 5 heterocycles. The molecule has 0 spiro atoms. The van der Waals surface area contributed by atoms with Gasteiger partial charge in [0.05, 0.1) is 0 Å². The number of aromatic nitrogens is 2. The van der Waals surface area contributed by atoms with Crippen LogP contribution in [0.15, 0.2) is 182 Å². The number of para-hydroxylation sites is 2. The average molecular weight is 826 g/mol. The molecule has 0 atom stereocenters. The first kappa shape index (κ1) is 31.9. The molecule has 0 aliphatic carbocycles. The molecule has 13 rings (SSSR count). The van der Waals surface area contributed by atoms with Crippen molar-refractivity contribution in [1.82, 2.24) is 9.13 Å². The summed E-state index contributed by atoms with van der Waals surface area (Å²) in [5.74, 6) is 0. The normalized spacial score (nSPS) is 12.2. The Balaban J connectivity index is 0.958. The van der Waals surface area contributed by atoms with Crippen molar-refractivity contribution in [3.8, 4) is 31.4 Å². The summed E-state index contributed by atoms with van der Waals surface area (Å²) in [5.41, 5.74) is 10.1. The summed E-state index contributed by atoms with van der Waals surface area (Å²) < 4.78 is 13.1. The molecule has 5 aromatic heterocycles. The first-order valence-electron chi connectivity index (χ1n) is 19.3. The van der Waals surface area contributed by atoms with Crippen molar-refractivity contribution in [2.75, 3.05) is 0 Å². The molecule has 0 aliphatic rings. The van der Waals surface area contributed by atoms with E-state index in [-0.39, 0.29) is 14.5 Å². The zero-order valence-electron chi connectivity index (χ0n) is 30.4. The topological polar surface area (TPSA) is 9.86 Å². The Morgan fingerprint density at radius 2 is 0.772 bits per heavy atom. The number of benzene rings is 8. The number of hydrogen-bond donors (Lipinski definition) is 0. The Labute approximate surface area is 341 Å². The molecule has 0 saturated carbocycles. The average Bonchev–Trinajstić information content (AvgIpc) is 4.09. The van der Waals surface area contributed by atoms with Crippen LogP contribution in [0.2, 0.25) is 0 Å². The van der Waals surface area contributed by atoms with Gasteiger partial charge in [-0.15, -0.1) is 0 Å². The van der Waals surface area contributed by atoms with E-state index in [2.05, 4.69) is 191 Å². The summed E-state index contributed by atoms with van der Waals surface area (Å²) >= 11 is 3.92. The van der Waals surface area contributed by atoms with Crippen LogP contribution in [0.25, 0.3) is 115 Å². The fourth-order valence-corrected chi connectivity index (χ4v) is 13.6. The van der Waals surface area contributed by atoms with Gasteiger partial charge in [-0.2, -0.15) is 0 Å². The van der Waals surface area contributed by atoms with Crippen molar-refractivity contribution in [2.45, 2.75) is 0 Å². The van der Waals surface area contributed by atoms with E-state index in [1.54, 1.807) is 0 Å². The molecule has 0 unspecified atom stereocenters. The van der Waals surface area contributed by atoms with E-state index >= 15 is 0 Å². The van der Waals surface area contributed by atoms with Crippen LogP contribution in [0.3, 0.4) is 0 Å². The van der Waals surface area contributed by atoms with Crippen LogP contribution >= 0.6 is 22.7 Å². The number of thiophene rings is 2. The summed E-state index contributed by atoms with van der Waals surface area (Å²) in [5, 5.41) is 10.5. The Morgan fingerprint density at radius 1 is 0.333 bits per heavy atom. The van der Waals surface area contributed by atoms with E-state index in [1.807, 2.05) is 22.7 Å². The number of rotatable bonds is 4. The summed E-state index contributed by atoms with van der Waals surface area (Å²) in [6, 6.07) is 67.9. The summed E-state index contributed by atoms with van der Waals surface area (Å²) in [4.78, 5) is 0. The van der Waals surface area contributed by atoms with Crippen LogP contribution in [0.1, 0.15) is 0 Å². The number of fused-ring (bicyclic) bond motifs is 14. The Kier molecular flexibility index (Phi) is 6.81. The summed E-state index contributed by atoms with van der Waals surface area (Å²) in [6.45, 7) is 0. The predicted molar refractivity (Wildman–Crippen MR) is 249 cm³/mol. The summed E-state index contributed by atoms with van der Waals surface area (Å²) in [7, 11) is 0. The van der Waals surface area contributed by atoms with E-state index in [4.69, 9.17) is 0 Å². The van der Waals surface area contributed by atoms with Gasteiger partial charge in [-0.25, -0.2) is 0 Å². The van der Waals surface area contributed by atoms with E-state index in [1.165, 1.54) is 115 Å². The minimum absolute atomic E-state index is 0.145. The molecule has 266 valence electrons. The van der Waals surface area contributed by atoms with Gasteiger partial charge >= 0.3 is 344 Å².